The minimum atomic E-state index is 0.586. The van der Waals surface area contributed by atoms with E-state index >= 15 is 0 Å². The van der Waals surface area contributed by atoms with Crippen molar-refractivity contribution in [2.45, 2.75) is 13.5 Å². The largest absolute Gasteiger partial charge is 0.378 e. The first kappa shape index (κ1) is 10.3. The molecule has 0 unspecified atom stereocenters. The maximum atomic E-state index is 5.04. The number of hydrogen-bond donors (Lipinski definition) is 0. The van der Waals surface area contributed by atoms with Crippen molar-refractivity contribution in [3.63, 3.8) is 0 Å². The van der Waals surface area contributed by atoms with Crippen molar-refractivity contribution in [2.24, 2.45) is 0 Å². The molecule has 1 aromatic carbocycles. The number of aromatic nitrogens is 1. The summed E-state index contributed by atoms with van der Waals surface area (Å²) in [4.78, 5) is 4.50. The molecule has 0 saturated carbocycles. The fourth-order valence-electron chi connectivity index (χ4n) is 1.43. The van der Waals surface area contributed by atoms with Gasteiger partial charge in [-0.25, -0.2) is 4.98 Å². The van der Waals surface area contributed by atoms with Gasteiger partial charge in [0.2, 0.25) is 0 Å². The van der Waals surface area contributed by atoms with Gasteiger partial charge in [-0.1, -0.05) is 23.8 Å². The molecule has 0 radical (unpaired) electrons. The Hall–Kier alpha value is -1.19. The van der Waals surface area contributed by atoms with E-state index in [0.29, 0.717) is 6.61 Å². The Morgan fingerprint density at radius 2 is 2.27 bits per heavy atom. The van der Waals surface area contributed by atoms with Gasteiger partial charge in [0.15, 0.2) is 0 Å². The molecule has 0 saturated heterocycles. The maximum Gasteiger partial charge on any atom is 0.123 e. The van der Waals surface area contributed by atoms with Gasteiger partial charge in [0, 0.05) is 18.1 Å². The first-order chi connectivity index (χ1) is 7.29. The highest BCUT2D eigenvalue weighted by atomic mass is 32.1. The van der Waals surface area contributed by atoms with E-state index in [1.807, 2.05) is 5.38 Å². The molecule has 1 aromatic heterocycles. The van der Waals surface area contributed by atoms with Gasteiger partial charge in [0.05, 0.1) is 12.3 Å². The van der Waals surface area contributed by atoms with E-state index in [2.05, 4.69) is 36.2 Å². The Labute approximate surface area is 93.6 Å². The Morgan fingerprint density at radius 3 is 3.00 bits per heavy atom. The molecule has 0 aliphatic heterocycles. The number of ether oxygens (including phenoxy) is 1. The van der Waals surface area contributed by atoms with Gasteiger partial charge in [-0.05, 0) is 13.0 Å². The molecule has 3 heteroatoms. The van der Waals surface area contributed by atoms with E-state index in [9.17, 15) is 0 Å². The molecule has 0 N–H and O–H groups in total. The maximum absolute atomic E-state index is 5.04. The van der Waals surface area contributed by atoms with Crippen LogP contribution in [0.2, 0.25) is 0 Å². The second-order valence-corrected chi connectivity index (χ2v) is 4.30. The fraction of sp³-hybridized carbons (Fsp3) is 0.250. The van der Waals surface area contributed by atoms with Crippen LogP contribution in [0.25, 0.3) is 10.6 Å². The summed E-state index contributed by atoms with van der Waals surface area (Å²) in [5.41, 5.74) is 3.44. The molecule has 15 heavy (non-hydrogen) atoms. The molecule has 0 aliphatic carbocycles. The number of hydrogen-bond acceptors (Lipinski definition) is 3. The van der Waals surface area contributed by atoms with Crippen LogP contribution in [0, 0.1) is 6.92 Å². The third kappa shape index (κ3) is 2.43. The second kappa shape index (κ2) is 4.55. The first-order valence-electron chi connectivity index (χ1n) is 4.80. The van der Waals surface area contributed by atoms with Gasteiger partial charge in [-0.2, -0.15) is 0 Å². The van der Waals surface area contributed by atoms with E-state index in [1.54, 1.807) is 18.4 Å². The number of aryl methyl sites for hydroxylation is 1. The van der Waals surface area contributed by atoms with Gasteiger partial charge >= 0.3 is 0 Å². The molecule has 2 rings (SSSR count). The SMILES string of the molecule is COCc1csc(-c2cccc(C)c2)n1. The second-order valence-electron chi connectivity index (χ2n) is 3.45. The number of nitrogens with zero attached hydrogens (tertiary/aromatic N) is 1. The molecule has 78 valence electrons. The predicted molar refractivity (Wildman–Crippen MR) is 63.0 cm³/mol. The highest BCUT2D eigenvalue weighted by molar-refractivity contribution is 7.13. The molecule has 1 heterocycles. The summed E-state index contributed by atoms with van der Waals surface area (Å²) in [6.07, 6.45) is 0. The minimum absolute atomic E-state index is 0.586. The quantitative estimate of drug-likeness (QED) is 0.790. The molecule has 0 spiro atoms. The summed E-state index contributed by atoms with van der Waals surface area (Å²) >= 11 is 1.66. The van der Waals surface area contributed by atoms with Crippen LogP contribution in [-0.2, 0) is 11.3 Å². The van der Waals surface area contributed by atoms with Crippen LogP contribution in [0.3, 0.4) is 0 Å². The zero-order chi connectivity index (χ0) is 10.7. The van der Waals surface area contributed by atoms with Gasteiger partial charge in [0.25, 0.3) is 0 Å². The van der Waals surface area contributed by atoms with Crippen molar-refractivity contribution in [1.82, 2.24) is 4.98 Å². The molecule has 2 aromatic rings. The molecule has 2 nitrogen and oxygen atoms in total. The van der Waals surface area contributed by atoms with Crippen molar-refractivity contribution in [3.8, 4) is 10.6 Å². The van der Waals surface area contributed by atoms with Crippen molar-refractivity contribution >= 4 is 11.3 Å². The first-order valence-corrected chi connectivity index (χ1v) is 5.68. The number of thiazole rings is 1. The third-order valence-corrected chi connectivity index (χ3v) is 3.05. The lowest BCUT2D eigenvalue weighted by Crippen LogP contribution is -1.87. The lowest BCUT2D eigenvalue weighted by atomic mass is 10.1. The fourth-order valence-corrected chi connectivity index (χ4v) is 2.23. The molecule has 0 amide bonds. The van der Waals surface area contributed by atoms with Gasteiger partial charge in [0.1, 0.15) is 5.01 Å². The summed E-state index contributed by atoms with van der Waals surface area (Å²) in [6, 6.07) is 8.38. The zero-order valence-corrected chi connectivity index (χ0v) is 9.67. The number of rotatable bonds is 3. The Bertz CT molecular complexity index is 450. The van der Waals surface area contributed by atoms with Crippen molar-refractivity contribution in [1.29, 1.82) is 0 Å². The van der Waals surface area contributed by atoms with Crippen LogP contribution in [0.4, 0.5) is 0 Å². The summed E-state index contributed by atoms with van der Waals surface area (Å²) in [5.74, 6) is 0. The smallest absolute Gasteiger partial charge is 0.123 e. The Morgan fingerprint density at radius 1 is 1.40 bits per heavy atom. The van der Waals surface area contributed by atoms with E-state index in [0.717, 1.165) is 10.7 Å². The highest BCUT2D eigenvalue weighted by Gasteiger charge is 2.04. The monoisotopic (exact) mass is 219 g/mol. The predicted octanol–water partition coefficient (Wildman–Crippen LogP) is 3.26. The van der Waals surface area contributed by atoms with Crippen LogP contribution in [-0.4, -0.2) is 12.1 Å². The van der Waals surface area contributed by atoms with E-state index in [1.165, 1.54) is 11.1 Å². The molecule has 0 fully saturated rings. The van der Waals surface area contributed by atoms with Gasteiger partial charge in [-0.3, -0.25) is 0 Å². The van der Waals surface area contributed by atoms with Crippen molar-refractivity contribution in [2.75, 3.05) is 7.11 Å². The van der Waals surface area contributed by atoms with Gasteiger partial charge < -0.3 is 4.74 Å². The van der Waals surface area contributed by atoms with Gasteiger partial charge in [-0.15, -0.1) is 11.3 Å². The van der Waals surface area contributed by atoms with Crippen LogP contribution < -0.4 is 0 Å². The molecule has 0 aliphatic rings. The molecular weight excluding hydrogens is 206 g/mol. The lowest BCUT2D eigenvalue weighted by Gasteiger charge is -1.97. The van der Waals surface area contributed by atoms with Crippen LogP contribution in [0.15, 0.2) is 29.6 Å². The average Bonchev–Trinajstić information content (AvgIpc) is 2.67. The summed E-state index contributed by atoms with van der Waals surface area (Å²) in [6.45, 7) is 2.68. The average molecular weight is 219 g/mol. The topological polar surface area (TPSA) is 22.1 Å². The van der Waals surface area contributed by atoms with Crippen LogP contribution in [0.5, 0.6) is 0 Å². The Balaban J connectivity index is 2.29. The Kier molecular flexibility index (Phi) is 3.14. The summed E-state index contributed by atoms with van der Waals surface area (Å²) < 4.78 is 5.04. The normalized spacial score (nSPS) is 10.5. The van der Waals surface area contributed by atoms with E-state index in [4.69, 9.17) is 4.74 Å². The molecule has 0 bridgehead atoms. The molecular formula is C12H13NOS. The lowest BCUT2D eigenvalue weighted by molar-refractivity contribution is 0.182. The van der Waals surface area contributed by atoms with E-state index < -0.39 is 0 Å². The van der Waals surface area contributed by atoms with E-state index in [-0.39, 0.29) is 0 Å². The van der Waals surface area contributed by atoms with Crippen molar-refractivity contribution < 1.29 is 4.74 Å². The zero-order valence-electron chi connectivity index (χ0n) is 8.86. The molecule has 0 atom stereocenters. The van der Waals surface area contributed by atoms with Crippen LogP contribution >= 0.6 is 11.3 Å². The standard InChI is InChI=1S/C12H13NOS/c1-9-4-3-5-10(6-9)12-13-11(7-14-2)8-15-12/h3-6,8H,7H2,1-2H3. The number of benzene rings is 1. The van der Waals surface area contributed by atoms with Crippen LogP contribution in [0.1, 0.15) is 11.3 Å². The third-order valence-electron chi connectivity index (χ3n) is 2.11. The summed E-state index contributed by atoms with van der Waals surface area (Å²) in [7, 11) is 1.69. The highest BCUT2D eigenvalue weighted by Crippen LogP contribution is 2.24. The van der Waals surface area contributed by atoms with Crippen molar-refractivity contribution in [3.05, 3.63) is 40.9 Å². The summed E-state index contributed by atoms with van der Waals surface area (Å²) in [5, 5.41) is 3.10. The minimum Gasteiger partial charge on any atom is -0.378 e. The number of methoxy groups -OCH3 is 1.